The lowest BCUT2D eigenvalue weighted by molar-refractivity contribution is -0.00508. The topological polar surface area (TPSA) is 52.4 Å². The zero-order valence-corrected chi connectivity index (χ0v) is 15.2. The molecule has 26 heavy (non-hydrogen) atoms. The molecule has 2 saturated heterocycles. The van der Waals surface area contributed by atoms with E-state index in [2.05, 4.69) is 15.2 Å². The molecule has 6 nitrogen and oxygen atoms in total. The molecule has 0 bridgehead atoms. The van der Waals surface area contributed by atoms with Crippen LogP contribution in [-0.2, 0) is 16.1 Å². The largest absolute Gasteiger partial charge is 0.381 e. The monoisotopic (exact) mass is 380 g/mol. The highest BCUT2D eigenvalue weighted by molar-refractivity contribution is 5.85. The van der Waals surface area contributed by atoms with Crippen molar-refractivity contribution < 1.29 is 13.9 Å². The number of nitrogens with zero attached hydrogens (tertiary/aromatic N) is 4. The Balaban J connectivity index is 0.00000168. The molecule has 0 spiro atoms. The predicted octanol–water partition coefficient (Wildman–Crippen LogP) is 2.30. The molecule has 0 N–H and O–H groups in total. The van der Waals surface area contributed by atoms with Crippen LogP contribution in [0.5, 0.6) is 0 Å². The van der Waals surface area contributed by atoms with E-state index < -0.39 is 0 Å². The second-order valence-electron chi connectivity index (χ2n) is 7.17. The van der Waals surface area contributed by atoms with Gasteiger partial charge < -0.3 is 9.47 Å². The lowest BCUT2D eigenvalue weighted by Crippen LogP contribution is -2.32. The molecule has 1 aromatic heterocycles. The van der Waals surface area contributed by atoms with Crippen molar-refractivity contribution in [1.82, 2.24) is 19.9 Å². The molecular formula is C18H22ClFN4O2. The third-order valence-electron chi connectivity index (χ3n) is 5.52. The third-order valence-corrected chi connectivity index (χ3v) is 5.52. The smallest absolute Gasteiger partial charge is 0.132 e. The molecule has 2 aromatic rings. The standard InChI is InChI=1S/C18H21FN4O2.ClH/c19-14-4-2-1-3-13(14)18-16-11-25-17-9-22(7-12-5-6-24-10-12)8-15(17)23(16)21-20-18;/h1-4,12,15,17H,5-11H2;1H/t12-,15+,17+;/m1./s1. The molecule has 0 aliphatic carbocycles. The summed E-state index contributed by atoms with van der Waals surface area (Å²) in [5.41, 5.74) is 1.96. The Bertz CT molecular complexity index is 780. The third kappa shape index (κ3) is 3.03. The number of hydrogen-bond donors (Lipinski definition) is 0. The number of benzene rings is 1. The maximum absolute atomic E-state index is 14.1. The number of likely N-dealkylation sites (tertiary alicyclic amines) is 1. The molecule has 8 heteroatoms. The SMILES string of the molecule is Cl.Fc1ccccc1-c1nnn2c1CO[C@H]1CN(C[C@H]3CCOC3)C[C@@H]12. The van der Waals surface area contributed by atoms with Crippen molar-refractivity contribution in [3.8, 4) is 11.3 Å². The molecule has 1 aromatic carbocycles. The molecule has 3 aliphatic heterocycles. The fourth-order valence-electron chi connectivity index (χ4n) is 4.24. The first-order chi connectivity index (χ1) is 12.3. The molecule has 140 valence electrons. The Kier molecular flexibility index (Phi) is 4.96. The normalized spacial score (nSPS) is 27.8. The number of rotatable bonds is 3. The van der Waals surface area contributed by atoms with E-state index >= 15 is 0 Å². The molecule has 0 saturated carbocycles. The minimum Gasteiger partial charge on any atom is -0.381 e. The van der Waals surface area contributed by atoms with Gasteiger partial charge in [-0.25, -0.2) is 9.07 Å². The Morgan fingerprint density at radius 1 is 1.23 bits per heavy atom. The summed E-state index contributed by atoms with van der Waals surface area (Å²) in [6, 6.07) is 6.85. The van der Waals surface area contributed by atoms with Gasteiger partial charge in [0.15, 0.2) is 0 Å². The van der Waals surface area contributed by atoms with Crippen LogP contribution in [0.15, 0.2) is 24.3 Å². The highest BCUT2D eigenvalue weighted by atomic mass is 35.5. The lowest BCUT2D eigenvalue weighted by Gasteiger charge is -2.26. The highest BCUT2D eigenvalue weighted by Gasteiger charge is 2.41. The van der Waals surface area contributed by atoms with Crippen molar-refractivity contribution in [1.29, 1.82) is 0 Å². The van der Waals surface area contributed by atoms with Gasteiger partial charge in [-0.15, -0.1) is 17.5 Å². The van der Waals surface area contributed by atoms with Crippen molar-refractivity contribution in [2.45, 2.75) is 25.2 Å². The molecule has 3 aliphatic rings. The van der Waals surface area contributed by atoms with Gasteiger partial charge in [0.25, 0.3) is 0 Å². The Labute approximate surface area is 157 Å². The number of hydrogen-bond acceptors (Lipinski definition) is 5. The van der Waals surface area contributed by atoms with E-state index in [4.69, 9.17) is 9.47 Å². The molecule has 2 fully saturated rings. The fourth-order valence-corrected chi connectivity index (χ4v) is 4.24. The van der Waals surface area contributed by atoms with E-state index in [1.165, 1.54) is 6.07 Å². The molecule has 4 heterocycles. The molecule has 5 rings (SSSR count). The van der Waals surface area contributed by atoms with Crippen molar-refractivity contribution in [3.05, 3.63) is 35.8 Å². The quantitative estimate of drug-likeness (QED) is 0.817. The van der Waals surface area contributed by atoms with Gasteiger partial charge in [-0.2, -0.15) is 0 Å². The average molecular weight is 381 g/mol. The second kappa shape index (κ2) is 7.23. The maximum Gasteiger partial charge on any atom is 0.132 e. The zero-order chi connectivity index (χ0) is 16.8. The minimum atomic E-state index is -0.276. The molecule has 0 radical (unpaired) electrons. The summed E-state index contributed by atoms with van der Waals surface area (Å²) < 4.78 is 27.7. The van der Waals surface area contributed by atoms with Crippen molar-refractivity contribution in [3.63, 3.8) is 0 Å². The van der Waals surface area contributed by atoms with E-state index in [1.807, 2.05) is 10.7 Å². The highest BCUT2D eigenvalue weighted by Crippen LogP contribution is 2.35. The van der Waals surface area contributed by atoms with E-state index in [0.717, 1.165) is 45.0 Å². The van der Waals surface area contributed by atoms with Crippen LogP contribution in [0.4, 0.5) is 4.39 Å². The summed E-state index contributed by atoms with van der Waals surface area (Å²) >= 11 is 0. The number of halogens is 2. The fraction of sp³-hybridized carbons (Fsp3) is 0.556. The van der Waals surface area contributed by atoms with Crippen LogP contribution in [0.2, 0.25) is 0 Å². The Morgan fingerprint density at radius 3 is 2.92 bits per heavy atom. The van der Waals surface area contributed by atoms with E-state index in [-0.39, 0.29) is 30.4 Å². The van der Waals surface area contributed by atoms with Gasteiger partial charge in [0.2, 0.25) is 0 Å². The maximum atomic E-state index is 14.1. The van der Waals surface area contributed by atoms with Crippen molar-refractivity contribution in [2.75, 3.05) is 32.8 Å². The van der Waals surface area contributed by atoms with Crippen LogP contribution in [-0.4, -0.2) is 58.8 Å². The molecule has 0 amide bonds. The first-order valence-electron chi connectivity index (χ1n) is 8.90. The van der Waals surface area contributed by atoms with Crippen LogP contribution < -0.4 is 0 Å². The van der Waals surface area contributed by atoms with Gasteiger partial charge in [-0.1, -0.05) is 17.3 Å². The average Bonchev–Trinajstić information content (AvgIpc) is 3.33. The summed E-state index contributed by atoms with van der Waals surface area (Å²) in [5.74, 6) is 0.339. The Morgan fingerprint density at radius 2 is 2.12 bits per heavy atom. The van der Waals surface area contributed by atoms with E-state index in [0.29, 0.717) is 23.8 Å². The summed E-state index contributed by atoms with van der Waals surface area (Å²) in [6.45, 7) is 5.02. The summed E-state index contributed by atoms with van der Waals surface area (Å²) in [6.07, 6.45) is 1.27. The van der Waals surface area contributed by atoms with Gasteiger partial charge in [0.05, 0.1) is 31.1 Å². The lowest BCUT2D eigenvalue weighted by atomic mass is 10.1. The molecular weight excluding hydrogens is 359 g/mol. The summed E-state index contributed by atoms with van der Waals surface area (Å²) in [5, 5.41) is 8.62. The second-order valence-corrected chi connectivity index (χ2v) is 7.17. The van der Waals surface area contributed by atoms with E-state index in [9.17, 15) is 4.39 Å². The first kappa shape index (κ1) is 17.9. The van der Waals surface area contributed by atoms with Crippen LogP contribution in [0, 0.1) is 11.7 Å². The first-order valence-corrected chi connectivity index (χ1v) is 8.90. The van der Waals surface area contributed by atoms with Crippen LogP contribution in [0.3, 0.4) is 0 Å². The van der Waals surface area contributed by atoms with Crippen LogP contribution in [0.1, 0.15) is 18.2 Å². The van der Waals surface area contributed by atoms with Gasteiger partial charge >= 0.3 is 0 Å². The zero-order valence-electron chi connectivity index (χ0n) is 14.4. The molecule has 0 unspecified atom stereocenters. The summed E-state index contributed by atoms with van der Waals surface area (Å²) in [4.78, 5) is 2.44. The van der Waals surface area contributed by atoms with Gasteiger partial charge in [0.1, 0.15) is 11.5 Å². The summed E-state index contributed by atoms with van der Waals surface area (Å²) in [7, 11) is 0. The van der Waals surface area contributed by atoms with E-state index in [1.54, 1.807) is 12.1 Å². The number of aromatic nitrogens is 3. The minimum absolute atomic E-state index is 0. The number of ether oxygens (including phenoxy) is 2. The van der Waals surface area contributed by atoms with Gasteiger partial charge in [0, 0.05) is 31.8 Å². The van der Waals surface area contributed by atoms with Gasteiger partial charge in [-0.3, -0.25) is 4.90 Å². The molecule has 3 atom stereocenters. The van der Waals surface area contributed by atoms with Crippen molar-refractivity contribution >= 4 is 12.4 Å². The van der Waals surface area contributed by atoms with Gasteiger partial charge in [-0.05, 0) is 24.5 Å². The predicted molar refractivity (Wildman–Crippen MR) is 95.6 cm³/mol. The van der Waals surface area contributed by atoms with Crippen molar-refractivity contribution in [2.24, 2.45) is 5.92 Å². The number of fused-ring (bicyclic) bond motifs is 3. The van der Waals surface area contributed by atoms with Crippen LogP contribution in [0.25, 0.3) is 11.3 Å². The Hall–Kier alpha value is -1.54. The van der Waals surface area contributed by atoms with Crippen LogP contribution >= 0.6 is 12.4 Å².